The standard InChI is InChI=1S/C23H44O2/c1-2-3-4-5-6-7-8-9-10-11-12-13-14-15-16-17-18-19-20-21-22-23(24)25/h11-12H,2-10,13-22H2,1H3,(H,24,25). The van der Waals surface area contributed by atoms with Gasteiger partial charge in [0.05, 0.1) is 0 Å². The van der Waals surface area contributed by atoms with Crippen molar-refractivity contribution in [2.75, 3.05) is 0 Å². The SMILES string of the molecule is CCCCCCCCCCC=CCCCCCCCCCCC(=O)O. The Labute approximate surface area is 157 Å². The second-order valence-corrected chi connectivity index (χ2v) is 7.50. The highest BCUT2D eigenvalue weighted by molar-refractivity contribution is 5.66. The molecule has 1 N–H and O–H groups in total. The third kappa shape index (κ3) is 23.2. The van der Waals surface area contributed by atoms with E-state index in [1.807, 2.05) is 0 Å². The van der Waals surface area contributed by atoms with Crippen LogP contribution >= 0.6 is 0 Å². The molecular weight excluding hydrogens is 308 g/mol. The lowest BCUT2D eigenvalue weighted by molar-refractivity contribution is -0.137. The van der Waals surface area contributed by atoms with Crippen LogP contribution in [0.2, 0.25) is 0 Å². The summed E-state index contributed by atoms with van der Waals surface area (Å²) < 4.78 is 0. The van der Waals surface area contributed by atoms with Crippen molar-refractivity contribution in [1.29, 1.82) is 0 Å². The third-order valence-electron chi connectivity index (χ3n) is 4.90. The van der Waals surface area contributed by atoms with Gasteiger partial charge in [0.1, 0.15) is 0 Å². The van der Waals surface area contributed by atoms with Gasteiger partial charge in [0.25, 0.3) is 0 Å². The van der Waals surface area contributed by atoms with Crippen LogP contribution in [-0.2, 0) is 4.79 Å². The van der Waals surface area contributed by atoms with E-state index in [-0.39, 0.29) is 0 Å². The van der Waals surface area contributed by atoms with Gasteiger partial charge < -0.3 is 5.11 Å². The van der Waals surface area contributed by atoms with Crippen molar-refractivity contribution in [3.63, 3.8) is 0 Å². The van der Waals surface area contributed by atoms with Crippen LogP contribution in [0.1, 0.15) is 129 Å². The first kappa shape index (κ1) is 24.2. The van der Waals surface area contributed by atoms with Crippen molar-refractivity contribution in [2.24, 2.45) is 0 Å². The number of carboxylic acid groups (broad SMARTS) is 1. The molecule has 2 nitrogen and oxygen atoms in total. The highest BCUT2D eigenvalue weighted by Crippen LogP contribution is 2.12. The zero-order chi connectivity index (χ0) is 18.4. The quantitative estimate of drug-likeness (QED) is 0.178. The van der Waals surface area contributed by atoms with Crippen molar-refractivity contribution in [2.45, 2.75) is 129 Å². The minimum absolute atomic E-state index is 0.339. The second-order valence-electron chi connectivity index (χ2n) is 7.50. The molecule has 0 aliphatic carbocycles. The molecule has 0 saturated carbocycles. The van der Waals surface area contributed by atoms with E-state index in [0.717, 1.165) is 12.8 Å². The summed E-state index contributed by atoms with van der Waals surface area (Å²) in [5.41, 5.74) is 0. The van der Waals surface area contributed by atoms with Gasteiger partial charge in [-0.2, -0.15) is 0 Å². The Morgan fingerprint density at radius 1 is 0.600 bits per heavy atom. The smallest absolute Gasteiger partial charge is 0.303 e. The molecule has 0 aromatic carbocycles. The van der Waals surface area contributed by atoms with Crippen molar-refractivity contribution in [3.05, 3.63) is 12.2 Å². The van der Waals surface area contributed by atoms with E-state index in [4.69, 9.17) is 5.11 Å². The Morgan fingerprint density at radius 2 is 0.960 bits per heavy atom. The Kier molecular flexibility index (Phi) is 20.6. The molecule has 0 heterocycles. The number of carbonyl (C=O) groups is 1. The van der Waals surface area contributed by atoms with Crippen LogP contribution < -0.4 is 0 Å². The number of rotatable bonds is 20. The molecule has 0 radical (unpaired) electrons. The largest absolute Gasteiger partial charge is 0.481 e. The molecule has 0 bridgehead atoms. The normalized spacial score (nSPS) is 11.4. The van der Waals surface area contributed by atoms with Crippen LogP contribution in [0.5, 0.6) is 0 Å². The summed E-state index contributed by atoms with van der Waals surface area (Å²) in [6.07, 6.45) is 28.6. The molecule has 2 heteroatoms. The number of unbranched alkanes of at least 4 members (excludes halogenated alkanes) is 16. The maximum atomic E-state index is 10.4. The summed E-state index contributed by atoms with van der Waals surface area (Å²) in [6, 6.07) is 0. The van der Waals surface area contributed by atoms with Gasteiger partial charge in [-0.15, -0.1) is 0 Å². The number of hydrogen-bond acceptors (Lipinski definition) is 1. The van der Waals surface area contributed by atoms with Gasteiger partial charge in [-0.1, -0.05) is 103 Å². The van der Waals surface area contributed by atoms with E-state index < -0.39 is 5.97 Å². The maximum Gasteiger partial charge on any atom is 0.303 e. The number of allylic oxidation sites excluding steroid dienone is 2. The summed E-state index contributed by atoms with van der Waals surface area (Å²) >= 11 is 0. The van der Waals surface area contributed by atoms with Gasteiger partial charge >= 0.3 is 5.97 Å². The third-order valence-corrected chi connectivity index (χ3v) is 4.90. The number of hydrogen-bond donors (Lipinski definition) is 1. The van der Waals surface area contributed by atoms with Gasteiger partial charge in [0.2, 0.25) is 0 Å². The number of carboxylic acids is 1. The molecular formula is C23H44O2. The molecule has 25 heavy (non-hydrogen) atoms. The summed E-state index contributed by atoms with van der Waals surface area (Å²) in [5.74, 6) is -0.657. The van der Waals surface area contributed by atoms with E-state index in [1.165, 1.54) is 103 Å². The molecule has 0 aromatic heterocycles. The minimum atomic E-state index is -0.657. The van der Waals surface area contributed by atoms with Crippen molar-refractivity contribution in [3.8, 4) is 0 Å². The second kappa shape index (κ2) is 21.3. The first-order valence-corrected chi connectivity index (χ1v) is 11.1. The highest BCUT2D eigenvalue weighted by atomic mass is 16.4. The maximum absolute atomic E-state index is 10.4. The fourth-order valence-electron chi connectivity index (χ4n) is 3.23. The predicted molar refractivity (Wildman–Crippen MR) is 110 cm³/mol. The van der Waals surface area contributed by atoms with Crippen LogP contribution in [0.3, 0.4) is 0 Å². The Bertz CT molecular complexity index is 296. The Balaban J connectivity index is 3.07. The average Bonchev–Trinajstić information content (AvgIpc) is 2.60. The molecule has 0 aromatic rings. The highest BCUT2D eigenvalue weighted by Gasteiger charge is 1.96. The van der Waals surface area contributed by atoms with Crippen molar-refractivity contribution >= 4 is 5.97 Å². The molecule has 0 rings (SSSR count). The molecule has 0 fully saturated rings. The molecule has 0 unspecified atom stereocenters. The monoisotopic (exact) mass is 352 g/mol. The Morgan fingerprint density at radius 3 is 1.36 bits per heavy atom. The van der Waals surface area contributed by atoms with E-state index in [2.05, 4.69) is 19.1 Å². The zero-order valence-corrected chi connectivity index (χ0v) is 16.9. The lowest BCUT2D eigenvalue weighted by atomic mass is 10.1. The van der Waals surface area contributed by atoms with Gasteiger partial charge in [-0.05, 0) is 32.1 Å². The first-order chi connectivity index (χ1) is 12.3. The van der Waals surface area contributed by atoms with E-state index >= 15 is 0 Å². The van der Waals surface area contributed by atoms with Crippen LogP contribution in [0, 0.1) is 0 Å². The minimum Gasteiger partial charge on any atom is -0.481 e. The van der Waals surface area contributed by atoms with Gasteiger partial charge in [-0.3, -0.25) is 4.79 Å². The average molecular weight is 353 g/mol. The van der Waals surface area contributed by atoms with E-state index in [1.54, 1.807) is 0 Å². The van der Waals surface area contributed by atoms with Gasteiger partial charge in [0, 0.05) is 6.42 Å². The number of aliphatic carboxylic acids is 1. The summed E-state index contributed by atoms with van der Waals surface area (Å²) in [7, 11) is 0. The van der Waals surface area contributed by atoms with Crippen LogP contribution in [-0.4, -0.2) is 11.1 Å². The fraction of sp³-hybridized carbons (Fsp3) is 0.870. The van der Waals surface area contributed by atoms with E-state index in [9.17, 15) is 4.79 Å². The first-order valence-electron chi connectivity index (χ1n) is 11.1. The van der Waals surface area contributed by atoms with Crippen LogP contribution in [0.15, 0.2) is 12.2 Å². The summed E-state index contributed by atoms with van der Waals surface area (Å²) in [4.78, 5) is 10.4. The van der Waals surface area contributed by atoms with Crippen LogP contribution in [0.4, 0.5) is 0 Å². The fourth-order valence-corrected chi connectivity index (χ4v) is 3.23. The van der Waals surface area contributed by atoms with Crippen molar-refractivity contribution < 1.29 is 9.90 Å². The van der Waals surface area contributed by atoms with E-state index in [0.29, 0.717) is 6.42 Å². The molecule has 0 aliphatic heterocycles. The van der Waals surface area contributed by atoms with Crippen LogP contribution in [0.25, 0.3) is 0 Å². The predicted octanol–water partition coefficient (Wildman–Crippen LogP) is 8.06. The molecule has 0 aliphatic rings. The molecule has 0 saturated heterocycles. The summed E-state index contributed by atoms with van der Waals surface area (Å²) in [5, 5.41) is 8.56. The molecule has 0 spiro atoms. The lowest BCUT2D eigenvalue weighted by Gasteiger charge is -2.01. The van der Waals surface area contributed by atoms with Gasteiger partial charge in [0.15, 0.2) is 0 Å². The molecule has 0 amide bonds. The summed E-state index contributed by atoms with van der Waals surface area (Å²) in [6.45, 7) is 2.28. The van der Waals surface area contributed by atoms with Crippen molar-refractivity contribution in [1.82, 2.24) is 0 Å². The lowest BCUT2D eigenvalue weighted by Crippen LogP contribution is -1.93. The molecule has 148 valence electrons. The molecule has 0 atom stereocenters. The van der Waals surface area contributed by atoms with Gasteiger partial charge in [-0.25, -0.2) is 0 Å². The topological polar surface area (TPSA) is 37.3 Å². The zero-order valence-electron chi connectivity index (χ0n) is 16.9. The Hall–Kier alpha value is -0.790.